The van der Waals surface area contributed by atoms with Crippen LogP contribution in [0.2, 0.25) is 0 Å². The van der Waals surface area contributed by atoms with E-state index in [1.165, 1.54) is 5.56 Å². The summed E-state index contributed by atoms with van der Waals surface area (Å²) in [6, 6.07) is 8.24. The van der Waals surface area contributed by atoms with Crippen molar-refractivity contribution in [2.24, 2.45) is 7.05 Å². The molecular weight excluding hydrogens is 284 g/mol. The average Bonchev–Trinajstić information content (AvgIpc) is 3.14. The van der Waals surface area contributed by atoms with Crippen molar-refractivity contribution in [3.8, 4) is 11.4 Å². The number of hydrogen-bond donors (Lipinski definition) is 0. The highest BCUT2D eigenvalue weighted by Crippen LogP contribution is 2.22. The van der Waals surface area contributed by atoms with Crippen LogP contribution in [0, 0.1) is 0 Å². The third kappa shape index (κ3) is 3.16. The molecule has 2 aromatic heterocycles. The Balaban J connectivity index is 1.69. The number of aromatic nitrogens is 4. The van der Waals surface area contributed by atoms with Crippen LogP contribution in [-0.4, -0.2) is 19.7 Å². The summed E-state index contributed by atoms with van der Waals surface area (Å²) in [6.45, 7) is 2.14. The lowest BCUT2D eigenvalue weighted by atomic mass is 10.1. The summed E-state index contributed by atoms with van der Waals surface area (Å²) in [4.78, 5) is 8.68. The first-order valence-corrected chi connectivity index (χ1v) is 7.77. The van der Waals surface area contributed by atoms with Gasteiger partial charge in [-0.05, 0) is 12.0 Å². The zero-order valence-corrected chi connectivity index (χ0v) is 12.8. The van der Waals surface area contributed by atoms with Crippen molar-refractivity contribution < 1.29 is 4.52 Å². The maximum Gasteiger partial charge on any atom is 0.237 e. The molecule has 0 aliphatic rings. The molecule has 0 fully saturated rings. The highest BCUT2D eigenvalue weighted by Gasteiger charge is 2.10. The minimum atomic E-state index is 0.609. The molecule has 108 valence electrons. The average molecular weight is 300 g/mol. The predicted molar refractivity (Wildman–Crippen MR) is 81.9 cm³/mol. The smallest absolute Gasteiger partial charge is 0.237 e. The van der Waals surface area contributed by atoms with Gasteiger partial charge in [0.05, 0.1) is 5.75 Å². The van der Waals surface area contributed by atoms with Gasteiger partial charge < -0.3 is 9.09 Å². The fourth-order valence-corrected chi connectivity index (χ4v) is 2.71. The molecule has 1 aromatic carbocycles. The molecule has 0 N–H and O–H groups in total. The SMILES string of the molecule is CCc1ccc(-c2noc(CSc3nccn3C)n2)cc1. The summed E-state index contributed by atoms with van der Waals surface area (Å²) < 4.78 is 7.26. The summed E-state index contributed by atoms with van der Waals surface area (Å²) in [6.07, 6.45) is 4.71. The van der Waals surface area contributed by atoms with Crippen LogP contribution in [0.4, 0.5) is 0 Å². The molecule has 6 heteroatoms. The molecule has 0 atom stereocenters. The van der Waals surface area contributed by atoms with E-state index in [4.69, 9.17) is 4.52 Å². The Morgan fingerprint density at radius 1 is 1.24 bits per heavy atom. The summed E-state index contributed by atoms with van der Waals surface area (Å²) in [5.41, 5.74) is 2.27. The quantitative estimate of drug-likeness (QED) is 0.676. The molecule has 0 saturated heterocycles. The fraction of sp³-hybridized carbons (Fsp3) is 0.267. The van der Waals surface area contributed by atoms with E-state index in [-0.39, 0.29) is 0 Å². The van der Waals surface area contributed by atoms with Crippen molar-refractivity contribution in [3.05, 3.63) is 48.1 Å². The molecule has 0 aliphatic carbocycles. The van der Waals surface area contributed by atoms with E-state index < -0.39 is 0 Å². The van der Waals surface area contributed by atoms with Gasteiger partial charge in [-0.15, -0.1) is 0 Å². The molecule has 0 spiro atoms. The Morgan fingerprint density at radius 2 is 2.05 bits per heavy atom. The van der Waals surface area contributed by atoms with Crippen LogP contribution < -0.4 is 0 Å². The lowest BCUT2D eigenvalue weighted by Gasteiger charge is -1.98. The first-order valence-electron chi connectivity index (χ1n) is 6.78. The zero-order valence-electron chi connectivity index (χ0n) is 12.0. The number of rotatable bonds is 5. The van der Waals surface area contributed by atoms with E-state index in [9.17, 15) is 0 Å². The highest BCUT2D eigenvalue weighted by molar-refractivity contribution is 7.98. The third-order valence-electron chi connectivity index (χ3n) is 3.19. The van der Waals surface area contributed by atoms with Gasteiger partial charge in [-0.2, -0.15) is 4.98 Å². The van der Waals surface area contributed by atoms with Crippen LogP contribution in [-0.2, 0) is 19.2 Å². The molecule has 0 unspecified atom stereocenters. The van der Waals surface area contributed by atoms with Gasteiger partial charge >= 0.3 is 0 Å². The van der Waals surface area contributed by atoms with E-state index in [2.05, 4.69) is 34.2 Å². The highest BCUT2D eigenvalue weighted by atomic mass is 32.2. The van der Waals surface area contributed by atoms with Crippen LogP contribution in [0.3, 0.4) is 0 Å². The Labute approximate surface area is 127 Å². The van der Waals surface area contributed by atoms with Crippen molar-refractivity contribution >= 4 is 11.8 Å². The van der Waals surface area contributed by atoms with Crippen LogP contribution in [0.5, 0.6) is 0 Å². The molecule has 3 rings (SSSR count). The van der Waals surface area contributed by atoms with E-state index in [0.29, 0.717) is 17.5 Å². The maximum absolute atomic E-state index is 5.29. The van der Waals surface area contributed by atoms with Gasteiger partial charge in [0.25, 0.3) is 0 Å². The first kappa shape index (κ1) is 13.9. The minimum absolute atomic E-state index is 0.609. The Morgan fingerprint density at radius 3 is 2.71 bits per heavy atom. The molecule has 3 aromatic rings. The van der Waals surface area contributed by atoms with Gasteiger partial charge in [0.2, 0.25) is 11.7 Å². The second kappa shape index (κ2) is 6.13. The molecule has 0 saturated carbocycles. The third-order valence-corrected chi connectivity index (χ3v) is 4.23. The molecule has 0 radical (unpaired) electrons. The Bertz CT molecular complexity index is 717. The van der Waals surface area contributed by atoms with Gasteiger partial charge in [-0.1, -0.05) is 48.1 Å². The standard InChI is InChI=1S/C15H16N4OS/c1-3-11-4-6-12(7-5-11)14-17-13(20-18-14)10-21-15-16-8-9-19(15)2/h4-9H,3,10H2,1-2H3. The molecule has 2 heterocycles. The Hall–Kier alpha value is -2.08. The van der Waals surface area contributed by atoms with Crippen molar-refractivity contribution in [2.45, 2.75) is 24.3 Å². The van der Waals surface area contributed by atoms with Gasteiger partial charge in [0.15, 0.2) is 5.16 Å². The fourth-order valence-electron chi connectivity index (χ4n) is 1.94. The largest absolute Gasteiger partial charge is 0.338 e. The number of benzene rings is 1. The Kier molecular flexibility index (Phi) is 4.06. The van der Waals surface area contributed by atoms with Crippen molar-refractivity contribution in [2.75, 3.05) is 0 Å². The monoisotopic (exact) mass is 300 g/mol. The lowest BCUT2D eigenvalue weighted by molar-refractivity contribution is 0.391. The summed E-state index contributed by atoms with van der Waals surface area (Å²) >= 11 is 1.58. The molecule has 0 bridgehead atoms. The summed E-state index contributed by atoms with van der Waals surface area (Å²) in [7, 11) is 1.96. The van der Waals surface area contributed by atoms with Crippen LogP contribution in [0.25, 0.3) is 11.4 Å². The van der Waals surface area contributed by atoms with E-state index in [1.807, 2.05) is 29.9 Å². The second-order valence-electron chi connectivity index (χ2n) is 4.67. The number of nitrogens with zero attached hydrogens (tertiary/aromatic N) is 4. The molecule has 0 amide bonds. The van der Waals surface area contributed by atoms with Crippen LogP contribution >= 0.6 is 11.8 Å². The second-order valence-corrected chi connectivity index (χ2v) is 5.61. The normalized spacial score (nSPS) is 11.0. The van der Waals surface area contributed by atoms with Crippen LogP contribution in [0.15, 0.2) is 46.3 Å². The van der Waals surface area contributed by atoms with Gasteiger partial charge in [0.1, 0.15) is 0 Å². The molecular formula is C15H16N4OS. The number of hydrogen-bond acceptors (Lipinski definition) is 5. The molecule has 5 nitrogen and oxygen atoms in total. The van der Waals surface area contributed by atoms with Gasteiger partial charge in [-0.25, -0.2) is 4.98 Å². The molecule has 0 aliphatic heterocycles. The van der Waals surface area contributed by atoms with E-state index in [0.717, 1.165) is 17.1 Å². The number of imidazole rings is 1. The van der Waals surface area contributed by atoms with Crippen molar-refractivity contribution in [1.82, 2.24) is 19.7 Å². The summed E-state index contributed by atoms with van der Waals surface area (Å²) in [5, 5.41) is 4.97. The minimum Gasteiger partial charge on any atom is -0.338 e. The predicted octanol–water partition coefficient (Wildman–Crippen LogP) is 3.32. The van der Waals surface area contributed by atoms with Crippen molar-refractivity contribution in [1.29, 1.82) is 0 Å². The molecule has 21 heavy (non-hydrogen) atoms. The first-order chi connectivity index (χ1) is 10.3. The number of aryl methyl sites for hydroxylation is 2. The van der Waals surface area contributed by atoms with Crippen molar-refractivity contribution in [3.63, 3.8) is 0 Å². The summed E-state index contributed by atoms with van der Waals surface area (Å²) in [5.74, 6) is 1.86. The van der Waals surface area contributed by atoms with Crippen LogP contribution in [0.1, 0.15) is 18.4 Å². The zero-order chi connectivity index (χ0) is 14.7. The van der Waals surface area contributed by atoms with Gasteiger partial charge in [-0.3, -0.25) is 0 Å². The van der Waals surface area contributed by atoms with E-state index in [1.54, 1.807) is 18.0 Å². The van der Waals surface area contributed by atoms with E-state index >= 15 is 0 Å². The maximum atomic E-state index is 5.29. The topological polar surface area (TPSA) is 56.7 Å². The lowest BCUT2D eigenvalue weighted by Crippen LogP contribution is -1.90. The number of thioether (sulfide) groups is 1. The van der Waals surface area contributed by atoms with Gasteiger partial charge in [0, 0.05) is 25.0 Å².